The van der Waals surface area contributed by atoms with Crippen molar-refractivity contribution in [3.63, 3.8) is 0 Å². The highest BCUT2D eigenvalue weighted by Crippen LogP contribution is 2.60. The van der Waals surface area contributed by atoms with Crippen molar-refractivity contribution in [3.8, 4) is 0 Å². The maximum Gasteiger partial charge on any atom is 0.310 e. The fourth-order valence-electron chi connectivity index (χ4n) is 5.92. The zero-order chi connectivity index (χ0) is 23.3. The number of carbonyl (C=O) groups is 3. The number of esters is 1. The second kappa shape index (κ2) is 8.60. The summed E-state index contributed by atoms with van der Waals surface area (Å²) in [5.41, 5.74) is 3.82. The van der Waals surface area contributed by atoms with Crippen molar-refractivity contribution in [1.29, 1.82) is 0 Å². The number of alkyl halides is 1. The van der Waals surface area contributed by atoms with Crippen molar-refractivity contribution in [3.05, 3.63) is 59.2 Å². The van der Waals surface area contributed by atoms with Gasteiger partial charge in [0.2, 0.25) is 5.91 Å². The first-order valence-electron chi connectivity index (χ1n) is 11.6. The largest absolute Gasteiger partial charge is 0.461 e. The molecular formula is C26H27BrN2O4. The molecule has 0 spiro atoms. The topological polar surface area (TPSA) is 84.5 Å². The first-order valence-corrected chi connectivity index (χ1v) is 12.5. The van der Waals surface area contributed by atoms with Crippen LogP contribution in [0.4, 0.5) is 11.4 Å². The Morgan fingerprint density at radius 1 is 1.00 bits per heavy atom. The third kappa shape index (κ3) is 3.57. The van der Waals surface area contributed by atoms with Crippen LogP contribution >= 0.6 is 15.9 Å². The molecule has 7 heteroatoms. The Balaban J connectivity index is 1.39. The average molecular weight is 511 g/mol. The number of rotatable bonds is 6. The highest BCUT2D eigenvalue weighted by atomic mass is 79.9. The predicted molar refractivity (Wildman–Crippen MR) is 129 cm³/mol. The van der Waals surface area contributed by atoms with Crippen LogP contribution in [0.15, 0.2) is 42.5 Å². The number of para-hydroxylation sites is 2. The molecule has 5 rings (SSSR count). The maximum absolute atomic E-state index is 13.3. The number of aryl methyl sites for hydroxylation is 2. The molecule has 2 saturated carbocycles. The molecule has 3 fully saturated rings. The molecule has 2 aliphatic carbocycles. The zero-order valence-corrected chi connectivity index (χ0v) is 20.2. The lowest BCUT2D eigenvalue weighted by molar-refractivity contribution is -0.145. The summed E-state index contributed by atoms with van der Waals surface area (Å²) in [5.74, 6) is -1.46. The number of benzene rings is 2. The fourth-order valence-corrected chi connectivity index (χ4v) is 6.97. The zero-order valence-electron chi connectivity index (χ0n) is 18.6. The summed E-state index contributed by atoms with van der Waals surface area (Å²) in [6, 6.07) is 13.0. The number of ether oxygens (including phenoxy) is 1. The van der Waals surface area contributed by atoms with Gasteiger partial charge in [0, 0.05) is 11.6 Å². The van der Waals surface area contributed by atoms with E-state index in [0.29, 0.717) is 11.3 Å². The van der Waals surface area contributed by atoms with E-state index in [0.717, 1.165) is 36.1 Å². The molecule has 2 aromatic rings. The van der Waals surface area contributed by atoms with E-state index in [-0.39, 0.29) is 40.6 Å². The van der Waals surface area contributed by atoms with Crippen LogP contribution in [0.5, 0.6) is 0 Å². The Labute approximate surface area is 201 Å². The van der Waals surface area contributed by atoms with Gasteiger partial charge in [-0.05, 0) is 48.4 Å². The Morgan fingerprint density at radius 2 is 1.70 bits per heavy atom. The summed E-state index contributed by atoms with van der Waals surface area (Å²) >= 11 is 3.65. The summed E-state index contributed by atoms with van der Waals surface area (Å²) in [7, 11) is 0. The number of fused-ring (bicyclic) bond motifs is 1. The molecule has 6 nitrogen and oxygen atoms in total. The minimum Gasteiger partial charge on any atom is -0.461 e. The smallest absolute Gasteiger partial charge is 0.310 e. The van der Waals surface area contributed by atoms with Crippen LogP contribution < -0.4 is 10.6 Å². The number of nitrogens with one attached hydrogen (secondary N) is 2. The second-order valence-electron chi connectivity index (χ2n) is 9.11. The van der Waals surface area contributed by atoms with E-state index in [1.807, 2.05) is 18.2 Å². The highest BCUT2D eigenvalue weighted by Gasteiger charge is 2.67. The predicted octanol–water partition coefficient (Wildman–Crippen LogP) is 4.57. The van der Waals surface area contributed by atoms with Gasteiger partial charge >= 0.3 is 5.97 Å². The van der Waals surface area contributed by atoms with Gasteiger partial charge in [-0.15, -0.1) is 0 Å². The normalized spacial score (nSPS) is 29.1. The van der Waals surface area contributed by atoms with Crippen LogP contribution in [-0.4, -0.2) is 28.7 Å². The van der Waals surface area contributed by atoms with Crippen molar-refractivity contribution in [1.82, 2.24) is 0 Å². The molecule has 0 unspecified atom stereocenters. The molecule has 2 aromatic carbocycles. The molecule has 2 amide bonds. The molecule has 6 atom stereocenters. The number of amides is 2. The van der Waals surface area contributed by atoms with Crippen LogP contribution in [0.2, 0.25) is 0 Å². The van der Waals surface area contributed by atoms with E-state index in [2.05, 4.69) is 40.4 Å². The van der Waals surface area contributed by atoms with Crippen LogP contribution in [0.1, 0.15) is 41.8 Å². The van der Waals surface area contributed by atoms with Gasteiger partial charge in [-0.25, -0.2) is 0 Å². The van der Waals surface area contributed by atoms with Gasteiger partial charge in [0.15, 0.2) is 0 Å². The molecular weight excluding hydrogens is 484 g/mol. The molecule has 0 aromatic heterocycles. The second-order valence-corrected chi connectivity index (χ2v) is 10.2. The first-order chi connectivity index (χ1) is 15.9. The lowest BCUT2D eigenvalue weighted by Gasteiger charge is -2.27. The van der Waals surface area contributed by atoms with E-state index < -0.39 is 11.8 Å². The van der Waals surface area contributed by atoms with Gasteiger partial charge in [0.1, 0.15) is 6.10 Å². The summed E-state index contributed by atoms with van der Waals surface area (Å²) in [4.78, 5) is 39.1. The minimum atomic E-state index is -0.450. The third-order valence-electron chi connectivity index (χ3n) is 7.49. The fraction of sp³-hybridized carbons (Fsp3) is 0.423. The Bertz CT molecular complexity index is 1110. The Morgan fingerprint density at radius 3 is 2.39 bits per heavy atom. The van der Waals surface area contributed by atoms with E-state index >= 15 is 0 Å². The molecule has 1 saturated heterocycles. The van der Waals surface area contributed by atoms with Gasteiger partial charge in [-0.2, -0.15) is 0 Å². The Hall–Kier alpha value is -2.67. The summed E-state index contributed by atoms with van der Waals surface area (Å²) in [6.45, 7) is 4.12. The highest BCUT2D eigenvalue weighted by molar-refractivity contribution is 9.09. The van der Waals surface area contributed by atoms with Gasteiger partial charge < -0.3 is 15.4 Å². The monoisotopic (exact) mass is 510 g/mol. The van der Waals surface area contributed by atoms with E-state index in [1.54, 1.807) is 24.3 Å². The van der Waals surface area contributed by atoms with Crippen molar-refractivity contribution >= 4 is 45.1 Å². The average Bonchev–Trinajstić information content (AvgIpc) is 3.43. The molecule has 0 radical (unpaired) electrons. The van der Waals surface area contributed by atoms with Gasteiger partial charge in [0.05, 0.1) is 27.9 Å². The number of hydrogen-bond donors (Lipinski definition) is 2. The summed E-state index contributed by atoms with van der Waals surface area (Å²) in [6.07, 6.45) is 2.29. The third-order valence-corrected chi connectivity index (χ3v) is 8.69. The number of carbonyl (C=O) groups excluding carboxylic acids is 3. The summed E-state index contributed by atoms with van der Waals surface area (Å²) in [5, 5.41) is 6.03. The van der Waals surface area contributed by atoms with Crippen LogP contribution in [-0.2, 0) is 27.2 Å². The molecule has 1 heterocycles. The standard InChI is InChI=1S/C26H27BrN2O4/c1-3-13-8-7-9-14(4-2)22(13)29-24(30)15-10-5-6-11-18(15)28-25(31)19-16-12-17-20(19)26(32)33-23(17)21(16)27/h5-11,16-17,19-21,23H,3-4,12H2,1-2H3,(H,28,31)(H,29,30)/t16-,17-,19-,20-,21+,23+/m1/s1. The number of halogens is 1. The van der Waals surface area contributed by atoms with Crippen molar-refractivity contribution in [2.75, 3.05) is 10.6 Å². The number of anilines is 2. The van der Waals surface area contributed by atoms with Crippen LogP contribution in [0.25, 0.3) is 0 Å². The summed E-state index contributed by atoms with van der Waals surface area (Å²) < 4.78 is 5.52. The molecule has 3 aliphatic rings. The lowest BCUT2D eigenvalue weighted by atomic mass is 9.79. The van der Waals surface area contributed by atoms with E-state index in [1.165, 1.54) is 0 Å². The van der Waals surface area contributed by atoms with Gasteiger partial charge in [-0.3, -0.25) is 14.4 Å². The Kier molecular flexibility index (Phi) is 5.77. The first kappa shape index (κ1) is 22.1. The van der Waals surface area contributed by atoms with Crippen molar-refractivity contribution < 1.29 is 19.1 Å². The maximum atomic E-state index is 13.3. The van der Waals surface area contributed by atoms with Crippen LogP contribution in [0, 0.1) is 23.7 Å². The molecule has 2 bridgehead atoms. The minimum absolute atomic E-state index is 0.00231. The van der Waals surface area contributed by atoms with Crippen LogP contribution in [0.3, 0.4) is 0 Å². The van der Waals surface area contributed by atoms with Crippen molar-refractivity contribution in [2.24, 2.45) is 23.7 Å². The van der Waals surface area contributed by atoms with Crippen molar-refractivity contribution in [2.45, 2.75) is 44.0 Å². The molecule has 172 valence electrons. The number of hydrogen-bond acceptors (Lipinski definition) is 4. The molecule has 33 heavy (non-hydrogen) atoms. The molecule has 2 N–H and O–H groups in total. The van der Waals surface area contributed by atoms with Gasteiger partial charge in [0.25, 0.3) is 5.91 Å². The van der Waals surface area contributed by atoms with Gasteiger partial charge in [-0.1, -0.05) is 60.1 Å². The lowest BCUT2D eigenvalue weighted by Crippen LogP contribution is -2.40. The SMILES string of the molecule is CCc1cccc(CC)c1NC(=O)c1ccccc1NC(=O)[C@@H]1[C@H]2C[C@H]3[C@H](OC(=O)[C@H]31)[C@H]2Br. The quantitative estimate of drug-likeness (QED) is 0.440. The van der Waals surface area contributed by atoms with E-state index in [4.69, 9.17) is 4.74 Å². The molecule has 1 aliphatic heterocycles. The van der Waals surface area contributed by atoms with E-state index in [9.17, 15) is 14.4 Å².